The van der Waals surface area contributed by atoms with Gasteiger partial charge in [-0.1, -0.05) is 66.8 Å². The van der Waals surface area contributed by atoms with Crippen LogP contribution >= 0.6 is 0 Å². The van der Waals surface area contributed by atoms with E-state index in [-0.39, 0.29) is 23.0 Å². The predicted octanol–water partition coefficient (Wildman–Crippen LogP) is 4.18. The van der Waals surface area contributed by atoms with Crippen molar-refractivity contribution < 1.29 is 19.2 Å². The number of hydroxylamine groups is 2. The lowest BCUT2D eigenvalue weighted by molar-refractivity contribution is -0.176. The van der Waals surface area contributed by atoms with Crippen molar-refractivity contribution in [3.63, 3.8) is 0 Å². The van der Waals surface area contributed by atoms with Gasteiger partial charge in [0.25, 0.3) is 11.8 Å². The maximum atomic E-state index is 13.1. The molecule has 2 aliphatic rings. The van der Waals surface area contributed by atoms with Crippen LogP contribution in [-0.4, -0.2) is 22.8 Å². The zero-order valence-electron chi connectivity index (χ0n) is 15.7. The zero-order chi connectivity index (χ0) is 19.5. The summed E-state index contributed by atoms with van der Waals surface area (Å²) in [5.74, 6) is -1.80. The molecule has 1 heterocycles. The maximum Gasteiger partial charge on any atom is 0.336 e. The molecular weight excluding hydrogens is 354 g/mol. The minimum absolute atomic E-state index is 0.205. The number of amides is 2. The zero-order valence-corrected chi connectivity index (χ0v) is 15.7. The normalized spacial score (nSPS) is 18.1. The van der Waals surface area contributed by atoms with Gasteiger partial charge in [0.15, 0.2) is 0 Å². The third kappa shape index (κ3) is 3.57. The van der Waals surface area contributed by atoms with Gasteiger partial charge >= 0.3 is 5.97 Å². The molecule has 5 nitrogen and oxygen atoms in total. The number of hydrogen-bond donors (Lipinski definition) is 0. The van der Waals surface area contributed by atoms with Crippen LogP contribution in [0.1, 0.15) is 58.4 Å². The van der Waals surface area contributed by atoms with Crippen molar-refractivity contribution >= 4 is 17.8 Å². The van der Waals surface area contributed by atoms with Gasteiger partial charge in [-0.2, -0.15) is 0 Å². The van der Waals surface area contributed by atoms with E-state index in [1.54, 1.807) is 24.3 Å². The summed E-state index contributed by atoms with van der Waals surface area (Å²) in [6.07, 6.45) is 5.85. The number of imide groups is 1. The smallest absolute Gasteiger partial charge is 0.329 e. The molecule has 0 spiro atoms. The first-order chi connectivity index (χ1) is 13.6. The molecule has 1 fully saturated rings. The van der Waals surface area contributed by atoms with E-state index in [1.807, 2.05) is 30.3 Å². The number of carbonyl (C=O) groups excluding carboxylic acids is 3. The summed E-state index contributed by atoms with van der Waals surface area (Å²) >= 11 is 0. The van der Waals surface area contributed by atoms with Gasteiger partial charge in [0.1, 0.15) is 0 Å². The van der Waals surface area contributed by atoms with Crippen LogP contribution in [0, 0.1) is 11.8 Å². The standard InChI is InChI=1S/C23H23NO4/c25-21-18-13-7-8-14-19(18)22(26)24(21)28-23(27)20(17-11-5-2-6-12-17)15-16-9-3-1-4-10-16/h1,3-4,7-10,13-14,17,20H,2,5-6,11-12,15H2. The predicted molar refractivity (Wildman–Crippen MR) is 103 cm³/mol. The van der Waals surface area contributed by atoms with E-state index < -0.39 is 17.8 Å². The van der Waals surface area contributed by atoms with Crippen LogP contribution in [0.15, 0.2) is 54.6 Å². The second-order valence-electron chi connectivity index (χ2n) is 7.55. The summed E-state index contributed by atoms with van der Waals surface area (Å²) in [5, 5.41) is 0.633. The van der Waals surface area contributed by atoms with Crippen LogP contribution in [0.25, 0.3) is 0 Å². The van der Waals surface area contributed by atoms with Crippen molar-refractivity contribution in [1.82, 2.24) is 5.06 Å². The molecule has 2 aromatic rings. The molecule has 0 bridgehead atoms. The molecule has 0 radical (unpaired) electrons. The lowest BCUT2D eigenvalue weighted by Crippen LogP contribution is -2.38. The van der Waals surface area contributed by atoms with Crippen LogP contribution in [0.3, 0.4) is 0 Å². The van der Waals surface area contributed by atoms with Crippen molar-refractivity contribution in [3.05, 3.63) is 71.3 Å². The average Bonchev–Trinajstić information content (AvgIpc) is 2.98. The van der Waals surface area contributed by atoms with Crippen LogP contribution in [-0.2, 0) is 16.1 Å². The van der Waals surface area contributed by atoms with E-state index in [2.05, 4.69) is 0 Å². The molecule has 1 aliphatic carbocycles. The molecule has 1 aliphatic heterocycles. The Morgan fingerprint density at radius 3 is 2.07 bits per heavy atom. The molecule has 1 saturated carbocycles. The minimum atomic E-state index is -0.573. The Morgan fingerprint density at radius 1 is 0.893 bits per heavy atom. The van der Waals surface area contributed by atoms with Crippen LogP contribution in [0.4, 0.5) is 0 Å². The van der Waals surface area contributed by atoms with Gasteiger partial charge in [0.2, 0.25) is 0 Å². The number of hydrogen-bond acceptors (Lipinski definition) is 4. The fraction of sp³-hybridized carbons (Fsp3) is 0.348. The number of benzene rings is 2. The number of fused-ring (bicyclic) bond motifs is 1. The molecule has 28 heavy (non-hydrogen) atoms. The molecule has 2 aromatic carbocycles. The van der Waals surface area contributed by atoms with Gasteiger partial charge in [-0.25, -0.2) is 4.79 Å². The van der Waals surface area contributed by atoms with Crippen molar-refractivity contribution in [2.45, 2.75) is 38.5 Å². The van der Waals surface area contributed by atoms with Crippen molar-refractivity contribution in [2.75, 3.05) is 0 Å². The molecule has 0 aromatic heterocycles. The molecule has 0 N–H and O–H groups in total. The summed E-state index contributed by atoms with van der Waals surface area (Å²) in [5.41, 5.74) is 1.60. The summed E-state index contributed by atoms with van der Waals surface area (Å²) in [4.78, 5) is 43.5. The van der Waals surface area contributed by atoms with Gasteiger partial charge < -0.3 is 4.84 Å². The number of carbonyl (C=O) groups is 3. The molecule has 5 heteroatoms. The SMILES string of the molecule is O=C(ON1C(=O)c2ccccc2C1=O)C(Cc1ccccc1)C1CCCCC1. The first kappa shape index (κ1) is 18.4. The van der Waals surface area contributed by atoms with Crippen molar-refractivity contribution in [1.29, 1.82) is 0 Å². The van der Waals surface area contributed by atoms with E-state index >= 15 is 0 Å². The second kappa shape index (κ2) is 7.97. The monoisotopic (exact) mass is 377 g/mol. The highest BCUT2D eigenvalue weighted by Crippen LogP contribution is 2.34. The molecule has 144 valence electrons. The minimum Gasteiger partial charge on any atom is -0.329 e. The first-order valence-corrected chi connectivity index (χ1v) is 9.88. The van der Waals surface area contributed by atoms with Gasteiger partial charge in [-0.3, -0.25) is 9.59 Å². The molecule has 1 atom stereocenters. The van der Waals surface area contributed by atoms with E-state index in [4.69, 9.17) is 4.84 Å². The molecule has 0 saturated heterocycles. The van der Waals surface area contributed by atoms with Gasteiger partial charge in [0.05, 0.1) is 17.0 Å². The molecule has 4 rings (SSSR count). The van der Waals surface area contributed by atoms with Crippen LogP contribution < -0.4 is 0 Å². The summed E-state index contributed by atoms with van der Waals surface area (Å²) < 4.78 is 0. The Bertz CT molecular complexity index is 851. The van der Waals surface area contributed by atoms with Crippen LogP contribution in [0.5, 0.6) is 0 Å². The van der Waals surface area contributed by atoms with Gasteiger partial charge in [0, 0.05) is 0 Å². The second-order valence-corrected chi connectivity index (χ2v) is 7.55. The van der Waals surface area contributed by atoms with Gasteiger partial charge in [-0.15, -0.1) is 0 Å². The lowest BCUT2D eigenvalue weighted by atomic mass is 9.77. The quantitative estimate of drug-likeness (QED) is 0.733. The average molecular weight is 377 g/mol. The molecular formula is C23H23NO4. The Hall–Kier alpha value is -2.95. The largest absolute Gasteiger partial charge is 0.336 e. The fourth-order valence-electron chi connectivity index (χ4n) is 4.25. The van der Waals surface area contributed by atoms with Crippen molar-refractivity contribution in [2.24, 2.45) is 11.8 Å². The van der Waals surface area contributed by atoms with Crippen LogP contribution in [0.2, 0.25) is 0 Å². The Labute approximate surface area is 164 Å². The maximum absolute atomic E-state index is 13.1. The number of nitrogens with zero attached hydrogens (tertiary/aromatic N) is 1. The highest BCUT2D eigenvalue weighted by atomic mass is 16.7. The lowest BCUT2D eigenvalue weighted by Gasteiger charge is -2.29. The van der Waals surface area contributed by atoms with Gasteiger partial charge in [-0.05, 0) is 42.9 Å². The van der Waals surface area contributed by atoms with E-state index in [1.165, 1.54) is 6.42 Å². The summed E-state index contributed by atoms with van der Waals surface area (Å²) in [6, 6.07) is 16.3. The third-order valence-electron chi connectivity index (χ3n) is 5.76. The summed E-state index contributed by atoms with van der Waals surface area (Å²) in [7, 11) is 0. The Kier molecular flexibility index (Phi) is 5.24. The fourth-order valence-corrected chi connectivity index (χ4v) is 4.25. The highest BCUT2D eigenvalue weighted by molar-refractivity contribution is 6.20. The Balaban J connectivity index is 1.54. The van der Waals surface area contributed by atoms with E-state index in [0.29, 0.717) is 11.5 Å². The van der Waals surface area contributed by atoms with E-state index in [0.717, 1.165) is 31.2 Å². The topological polar surface area (TPSA) is 63.7 Å². The molecule has 1 unspecified atom stereocenters. The van der Waals surface area contributed by atoms with E-state index in [9.17, 15) is 14.4 Å². The van der Waals surface area contributed by atoms with Crippen molar-refractivity contribution in [3.8, 4) is 0 Å². The first-order valence-electron chi connectivity index (χ1n) is 9.88. The highest BCUT2D eigenvalue weighted by Gasteiger charge is 2.41. The Morgan fingerprint density at radius 2 is 1.46 bits per heavy atom. The number of rotatable bonds is 5. The third-order valence-corrected chi connectivity index (χ3v) is 5.76. The summed E-state index contributed by atoms with van der Waals surface area (Å²) in [6.45, 7) is 0. The molecule has 2 amide bonds.